The van der Waals surface area contributed by atoms with E-state index in [2.05, 4.69) is 22.0 Å². The van der Waals surface area contributed by atoms with Crippen molar-refractivity contribution >= 4 is 11.8 Å². The lowest BCUT2D eigenvalue weighted by atomic mass is 9.83. The molecule has 0 amide bonds. The van der Waals surface area contributed by atoms with Crippen LogP contribution in [-0.4, -0.2) is 48.1 Å². The smallest absolute Gasteiger partial charge is 0.0227 e. The van der Waals surface area contributed by atoms with Crippen LogP contribution in [0.4, 0.5) is 0 Å². The summed E-state index contributed by atoms with van der Waals surface area (Å²) < 4.78 is 0. The fraction of sp³-hybridized carbons (Fsp3) is 1.00. The Hall–Kier alpha value is 0.270. The average molecular weight is 226 g/mol. The van der Waals surface area contributed by atoms with Gasteiger partial charge >= 0.3 is 0 Å². The van der Waals surface area contributed by atoms with Crippen molar-refractivity contribution in [2.75, 3.05) is 31.1 Å². The maximum atomic E-state index is 3.93. The molecule has 2 unspecified atom stereocenters. The van der Waals surface area contributed by atoms with E-state index >= 15 is 0 Å². The van der Waals surface area contributed by atoms with Gasteiger partial charge in [0.15, 0.2) is 0 Å². The summed E-state index contributed by atoms with van der Waals surface area (Å²) in [5, 5.41) is 3.93. The molecule has 2 atom stereocenters. The number of nitrogens with one attached hydrogen (secondary N) is 1. The number of hydrogen-bond acceptors (Lipinski definition) is 3. The zero-order chi connectivity index (χ0) is 10.1. The molecule has 0 saturated carbocycles. The van der Waals surface area contributed by atoms with Crippen molar-refractivity contribution in [1.82, 2.24) is 10.2 Å². The quantitative estimate of drug-likeness (QED) is 0.769. The molecule has 3 heteroatoms. The number of piperidine rings is 3. The van der Waals surface area contributed by atoms with Crippen LogP contribution in [-0.2, 0) is 0 Å². The second kappa shape index (κ2) is 4.64. The zero-order valence-corrected chi connectivity index (χ0v) is 10.3. The van der Waals surface area contributed by atoms with Gasteiger partial charge in [0.1, 0.15) is 0 Å². The van der Waals surface area contributed by atoms with Gasteiger partial charge < -0.3 is 10.2 Å². The molecule has 4 saturated heterocycles. The fourth-order valence-electron chi connectivity index (χ4n) is 3.33. The van der Waals surface area contributed by atoms with E-state index in [1.165, 1.54) is 56.8 Å². The van der Waals surface area contributed by atoms with Gasteiger partial charge in [0.05, 0.1) is 0 Å². The number of nitrogens with zero attached hydrogens (tertiary/aromatic N) is 1. The SMILES string of the molecule is C1CSCC(NC2CN3CCC2CC3)C1. The normalized spacial score (nSPS) is 45.6. The second-order valence-electron chi connectivity index (χ2n) is 5.33. The molecule has 86 valence electrons. The van der Waals surface area contributed by atoms with Crippen LogP contribution in [0.15, 0.2) is 0 Å². The standard InChI is InChI=1S/C12H22N2S/c1-2-11(9-15-7-1)13-12-8-14-5-3-10(12)4-6-14/h10-13H,1-9H2. The van der Waals surface area contributed by atoms with E-state index in [4.69, 9.17) is 0 Å². The number of fused-ring (bicyclic) bond motifs is 3. The predicted molar refractivity (Wildman–Crippen MR) is 66.4 cm³/mol. The van der Waals surface area contributed by atoms with E-state index in [0.29, 0.717) is 0 Å². The molecule has 0 radical (unpaired) electrons. The highest BCUT2D eigenvalue weighted by molar-refractivity contribution is 7.99. The first-order valence-electron chi connectivity index (χ1n) is 6.48. The van der Waals surface area contributed by atoms with Crippen molar-refractivity contribution in [2.45, 2.75) is 37.8 Å². The maximum absolute atomic E-state index is 3.93. The third-order valence-corrected chi connectivity index (χ3v) is 5.48. The van der Waals surface area contributed by atoms with Crippen molar-refractivity contribution in [2.24, 2.45) is 5.92 Å². The molecular weight excluding hydrogens is 204 g/mol. The molecule has 0 aliphatic carbocycles. The molecule has 15 heavy (non-hydrogen) atoms. The Morgan fingerprint density at radius 1 is 1.13 bits per heavy atom. The van der Waals surface area contributed by atoms with E-state index in [9.17, 15) is 0 Å². The van der Waals surface area contributed by atoms with Crippen molar-refractivity contribution in [3.63, 3.8) is 0 Å². The first kappa shape index (κ1) is 10.4. The second-order valence-corrected chi connectivity index (χ2v) is 6.48. The predicted octanol–water partition coefficient (Wildman–Crippen LogP) is 1.57. The summed E-state index contributed by atoms with van der Waals surface area (Å²) in [5.74, 6) is 3.73. The summed E-state index contributed by atoms with van der Waals surface area (Å²) in [6.07, 6.45) is 5.72. The summed E-state index contributed by atoms with van der Waals surface area (Å²) in [5.41, 5.74) is 0. The lowest BCUT2D eigenvalue weighted by Gasteiger charge is -2.46. The van der Waals surface area contributed by atoms with Gasteiger partial charge in [-0.05, 0) is 50.4 Å². The first-order valence-corrected chi connectivity index (χ1v) is 7.63. The largest absolute Gasteiger partial charge is 0.309 e. The highest BCUT2D eigenvalue weighted by atomic mass is 32.2. The summed E-state index contributed by atoms with van der Waals surface area (Å²) in [6, 6.07) is 1.63. The molecule has 4 rings (SSSR count). The van der Waals surface area contributed by atoms with Gasteiger partial charge in [-0.25, -0.2) is 0 Å². The molecule has 2 bridgehead atoms. The van der Waals surface area contributed by atoms with Gasteiger partial charge in [-0.15, -0.1) is 0 Å². The lowest BCUT2D eigenvalue weighted by Crippen LogP contribution is -2.58. The topological polar surface area (TPSA) is 15.3 Å². The number of thioether (sulfide) groups is 1. The molecule has 1 N–H and O–H groups in total. The van der Waals surface area contributed by atoms with Crippen LogP contribution in [0.3, 0.4) is 0 Å². The molecule has 0 aromatic heterocycles. The highest BCUT2D eigenvalue weighted by Gasteiger charge is 2.35. The molecular formula is C12H22N2S. The highest BCUT2D eigenvalue weighted by Crippen LogP contribution is 2.28. The molecule has 4 heterocycles. The first-order chi connectivity index (χ1) is 7.42. The molecule has 4 aliphatic rings. The summed E-state index contributed by atoms with van der Waals surface area (Å²) in [4.78, 5) is 2.65. The van der Waals surface area contributed by atoms with Gasteiger partial charge in [0.25, 0.3) is 0 Å². The lowest BCUT2D eigenvalue weighted by molar-refractivity contribution is 0.0676. The molecule has 4 aliphatic heterocycles. The van der Waals surface area contributed by atoms with Crippen LogP contribution in [0, 0.1) is 5.92 Å². The molecule has 0 spiro atoms. The van der Waals surface area contributed by atoms with E-state index in [0.717, 1.165) is 18.0 Å². The Kier molecular flexibility index (Phi) is 3.23. The van der Waals surface area contributed by atoms with E-state index < -0.39 is 0 Å². The molecule has 2 nitrogen and oxygen atoms in total. The zero-order valence-electron chi connectivity index (χ0n) is 9.45. The summed E-state index contributed by atoms with van der Waals surface area (Å²) >= 11 is 2.14. The minimum absolute atomic E-state index is 0.814. The maximum Gasteiger partial charge on any atom is 0.0227 e. The van der Waals surface area contributed by atoms with Gasteiger partial charge in [0.2, 0.25) is 0 Å². The Labute approximate surface area is 97.2 Å². The average Bonchev–Trinajstić information content (AvgIpc) is 2.32. The van der Waals surface area contributed by atoms with Gasteiger partial charge in [-0.2, -0.15) is 11.8 Å². The van der Waals surface area contributed by atoms with Gasteiger partial charge in [-0.1, -0.05) is 0 Å². The third-order valence-electron chi connectivity index (χ3n) is 4.27. The minimum Gasteiger partial charge on any atom is -0.309 e. The van der Waals surface area contributed by atoms with Crippen LogP contribution in [0.2, 0.25) is 0 Å². The van der Waals surface area contributed by atoms with E-state index in [-0.39, 0.29) is 0 Å². The Morgan fingerprint density at radius 2 is 2.00 bits per heavy atom. The van der Waals surface area contributed by atoms with Crippen LogP contribution < -0.4 is 5.32 Å². The Balaban J connectivity index is 1.54. The fourth-order valence-corrected chi connectivity index (χ4v) is 4.41. The third kappa shape index (κ3) is 2.34. The van der Waals surface area contributed by atoms with Crippen LogP contribution in [0.25, 0.3) is 0 Å². The van der Waals surface area contributed by atoms with Crippen LogP contribution >= 0.6 is 11.8 Å². The van der Waals surface area contributed by atoms with Crippen molar-refractivity contribution in [1.29, 1.82) is 0 Å². The van der Waals surface area contributed by atoms with Gasteiger partial charge in [-0.3, -0.25) is 0 Å². The number of hydrogen-bond donors (Lipinski definition) is 1. The van der Waals surface area contributed by atoms with Gasteiger partial charge in [0, 0.05) is 24.4 Å². The minimum atomic E-state index is 0.814. The van der Waals surface area contributed by atoms with Crippen LogP contribution in [0.5, 0.6) is 0 Å². The van der Waals surface area contributed by atoms with E-state index in [1.807, 2.05) is 0 Å². The monoisotopic (exact) mass is 226 g/mol. The molecule has 0 aromatic carbocycles. The molecule has 0 aromatic rings. The Bertz CT molecular complexity index is 208. The van der Waals surface area contributed by atoms with Crippen molar-refractivity contribution < 1.29 is 0 Å². The van der Waals surface area contributed by atoms with Crippen LogP contribution in [0.1, 0.15) is 25.7 Å². The Morgan fingerprint density at radius 3 is 2.60 bits per heavy atom. The van der Waals surface area contributed by atoms with Crippen molar-refractivity contribution in [3.05, 3.63) is 0 Å². The van der Waals surface area contributed by atoms with E-state index in [1.54, 1.807) is 0 Å². The summed E-state index contributed by atoms with van der Waals surface area (Å²) in [7, 11) is 0. The van der Waals surface area contributed by atoms with Crippen molar-refractivity contribution in [3.8, 4) is 0 Å². The summed E-state index contributed by atoms with van der Waals surface area (Å²) in [6.45, 7) is 4.05. The molecule has 4 fully saturated rings. The number of rotatable bonds is 2.